The van der Waals surface area contributed by atoms with Crippen LogP contribution < -0.4 is 4.72 Å². The van der Waals surface area contributed by atoms with Gasteiger partial charge in [0, 0.05) is 11.8 Å². The fourth-order valence-electron chi connectivity index (χ4n) is 2.28. The Kier molecular flexibility index (Phi) is 3.19. The number of carbonyl (C=O) groups is 1. The van der Waals surface area contributed by atoms with Crippen LogP contribution in [0.5, 0.6) is 0 Å². The fourth-order valence-corrected chi connectivity index (χ4v) is 3.73. The van der Waals surface area contributed by atoms with E-state index in [1.807, 2.05) is 18.2 Å². The molecule has 1 aliphatic rings. The maximum Gasteiger partial charge on any atom is 0.324 e. The molecule has 1 fully saturated rings. The molecule has 0 amide bonds. The minimum atomic E-state index is -3.75. The van der Waals surface area contributed by atoms with Crippen molar-refractivity contribution in [3.05, 3.63) is 42.5 Å². The van der Waals surface area contributed by atoms with Crippen LogP contribution in [0.15, 0.2) is 47.4 Å². The number of cyclic esters (lactones) is 1. The Labute approximate surface area is 116 Å². The molecule has 2 aromatic carbocycles. The summed E-state index contributed by atoms with van der Waals surface area (Å²) in [5.74, 6) is -0.520. The second-order valence-corrected chi connectivity index (χ2v) is 6.29. The second kappa shape index (κ2) is 4.88. The lowest BCUT2D eigenvalue weighted by Crippen LogP contribution is -2.37. The molecule has 0 aromatic heterocycles. The van der Waals surface area contributed by atoms with Gasteiger partial charge in [-0.25, -0.2) is 8.42 Å². The Hall–Kier alpha value is -1.92. The highest BCUT2D eigenvalue weighted by molar-refractivity contribution is 7.89. The number of nitrogens with one attached hydrogen (secondary N) is 1. The van der Waals surface area contributed by atoms with E-state index in [1.54, 1.807) is 18.2 Å². The van der Waals surface area contributed by atoms with Crippen LogP contribution in [0.4, 0.5) is 0 Å². The van der Waals surface area contributed by atoms with Crippen molar-refractivity contribution in [2.24, 2.45) is 0 Å². The molecule has 104 valence electrons. The van der Waals surface area contributed by atoms with Gasteiger partial charge < -0.3 is 4.74 Å². The third-order valence-electron chi connectivity index (χ3n) is 3.27. The average Bonchev–Trinajstić information content (AvgIpc) is 2.83. The highest BCUT2D eigenvalue weighted by Crippen LogP contribution is 2.23. The van der Waals surface area contributed by atoms with Crippen LogP contribution >= 0.6 is 0 Å². The summed E-state index contributed by atoms with van der Waals surface area (Å²) in [6, 6.07) is 11.5. The van der Waals surface area contributed by atoms with Crippen molar-refractivity contribution in [2.45, 2.75) is 17.4 Å². The van der Waals surface area contributed by atoms with Gasteiger partial charge >= 0.3 is 5.97 Å². The number of carbonyl (C=O) groups excluding carboxylic acids is 1. The fraction of sp³-hybridized carbons (Fsp3) is 0.214. The lowest BCUT2D eigenvalue weighted by atomic mass is 10.1. The predicted molar refractivity (Wildman–Crippen MR) is 73.6 cm³/mol. The molecule has 2 aromatic rings. The predicted octanol–water partition coefficient (Wildman–Crippen LogP) is 1.43. The van der Waals surface area contributed by atoms with Crippen molar-refractivity contribution >= 4 is 26.8 Å². The summed E-state index contributed by atoms with van der Waals surface area (Å²) in [5.41, 5.74) is 0. The summed E-state index contributed by atoms with van der Waals surface area (Å²) < 4.78 is 32.0. The van der Waals surface area contributed by atoms with Crippen molar-refractivity contribution in [3.8, 4) is 0 Å². The topological polar surface area (TPSA) is 72.5 Å². The molecule has 1 aliphatic heterocycles. The summed E-state index contributed by atoms with van der Waals surface area (Å²) >= 11 is 0. The van der Waals surface area contributed by atoms with E-state index in [1.165, 1.54) is 6.07 Å². The Morgan fingerprint density at radius 1 is 1.10 bits per heavy atom. The molecule has 1 unspecified atom stereocenters. The van der Waals surface area contributed by atoms with E-state index in [4.69, 9.17) is 4.74 Å². The first-order chi connectivity index (χ1) is 9.58. The molecule has 1 atom stereocenters. The maximum atomic E-state index is 12.4. The largest absolute Gasteiger partial charge is 0.464 e. The van der Waals surface area contributed by atoms with Gasteiger partial charge in [-0.3, -0.25) is 4.79 Å². The normalized spacial score (nSPS) is 19.2. The van der Waals surface area contributed by atoms with E-state index >= 15 is 0 Å². The molecule has 5 nitrogen and oxygen atoms in total. The van der Waals surface area contributed by atoms with Gasteiger partial charge in [-0.2, -0.15) is 4.72 Å². The van der Waals surface area contributed by atoms with Crippen LogP contribution in [0.3, 0.4) is 0 Å². The first-order valence-corrected chi connectivity index (χ1v) is 7.73. The molecule has 3 rings (SSSR count). The van der Waals surface area contributed by atoms with Gasteiger partial charge in [0.05, 0.1) is 11.5 Å². The van der Waals surface area contributed by atoms with Gasteiger partial charge in [0.25, 0.3) is 0 Å². The summed E-state index contributed by atoms with van der Waals surface area (Å²) in [5, 5.41) is 1.47. The molecule has 6 heteroatoms. The standard InChI is InChI=1S/C14H13NO4S/c16-14-12(8-9-19-14)15-20(17,18)13-7-3-5-10-4-1-2-6-11(10)13/h1-7,12,15H,8-9H2. The minimum absolute atomic E-state index is 0.176. The lowest BCUT2D eigenvalue weighted by Gasteiger charge is -2.11. The average molecular weight is 291 g/mol. The molecular formula is C14H13NO4S. The first-order valence-electron chi connectivity index (χ1n) is 6.25. The van der Waals surface area contributed by atoms with E-state index in [0.29, 0.717) is 11.8 Å². The van der Waals surface area contributed by atoms with E-state index in [9.17, 15) is 13.2 Å². The van der Waals surface area contributed by atoms with Crippen LogP contribution in [0.1, 0.15) is 6.42 Å². The molecule has 1 N–H and O–H groups in total. The molecule has 1 saturated heterocycles. The van der Waals surface area contributed by atoms with Crippen LogP contribution in [0, 0.1) is 0 Å². The third-order valence-corrected chi connectivity index (χ3v) is 4.80. The van der Waals surface area contributed by atoms with Crippen molar-refractivity contribution in [1.82, 2.24) is 4.72 Å². The van der Waals surface area contributed by atoms with Gasteiger partial charge in [0.2, 0.25) is 10.0 Å². The Morgan fingerprint density at radius 3 is 2.60 bits per heavy atom. The number of hydrogen-bond donors (Lipinski definition) is 1. The van der Waals surface area contributed by atoms with E-state index in [-0.39, 0.29) is 11.5 Å². The van der Waals surface area contributed by atoms with Crippen molar-refractivity contribution < 1.29 is 17.9 Å². The molecule has 0 aliphatic carbocycles. The van der Waals surface area contributed by atoms with Gasteiger partial charge in [-0.15, -0.1) is 0 Å². The quantitative estimate of drug-likeness (QED) is 0.868. The van der Waals surface area contributed by atoms with Crippen molar-refractivity contribution in [3.63, 3.8) is 0 Å². The smallest absolute Gasteiger partial charge is 0.324 e. The van der Waals surface area contributed by atoms with Gasteiger partial charge in [-0.05, 0) is 11.5 Å². The summed E-state index contributed by atoms with van der Waals surface area (Å²) in [6.07, 6.45) is 0.364. The van der Waals surface area contributed by atoms with E-state index < -0.39 is 22.0 Å². The molecule has 0 bridgehead atoms. The number of fused-ring (bicyclic) bond motifs is 1. The highest BCUT2D eigenvalue weighted by atomic mass is 32.2. The highest BCUT2D eigenvalue weighted by Gasteiger charge is 2.31. The van der Waals surface area contributed by atoms with E-state index in [0.717, 1.165) is 5.39 Å². The molecule has 0 radical (unpaired) electrons. The number of esters is 1. The minimum Gasteiger partial charge on any atom is -0.464 e. The van der Waals surface area contributed by atoms with Crippen LogP contribution in [-0.2, 0) is 19.6 Å². The third kappa shape index (κ3) is 2.28. The first kappa shape index (κ1) is 13.1. The van der Waals surface area contributed by atoms with Gasteiger partial charge in [-0.1, -0.05) is 36.4 Å². The van der Waals surface area contributed by atoms with Crippen LogP contribution in [0.25, 0.3) is 10.8 Å². The number of hydrogen-bond acceptors (Lipinski definition) is 4. The number of rotatable bonds is 3. The Morgan fingerprint density at radius 2 is 1.85 bits per heavy atom. The lowest BCUT2D eigenvalue weighted by molar-refractivity contribution is -0.139. The van der Waals surface area contributed by atoms with E-state index in [2.05, 4.69) is 4.72 Å². The number of sulfonamides is 1. The monoisotopic (exact) mass is 291 g/mol. The Balaban J connectivity index is 2.03. The molecule has 1 heterocycles. The van der Waals surface area contributed by atoms with Gasteiger partial charge in [0.15, 0.2) is 0 Å². The zero-order valence-corrected chi connectivity index (χ0v) is 11.4. The molecule has 0 spiro atoms. The van der Waals surface area contributed by atoms with Crippen LogP contribution in [0.2, 0.25) is 0 Å². The maximum absolute atomic E-state index is 12.4. The van der Waals surface area contributed by atoms with Crippen molar-refractivity contribution in [2.75, 3.05) is 6.61 Å². The zero-order valence-electron chi connectivity index (χ0n) is 10.6. The summed E-state index contributed by atoms with van der Waals surface area (Å²) in [4.78, 5) is 11.6. The van der Waals surface area contributed by atoms with Crippen molar-refractivity contribution in [1.29, 1.82) is 0 Å². The number of ether oxygens (including phenoxy) is 1. The number of benzene rings is 2. The SMILES string of the molecule is O=C1OCCC1NS(=O)(=O)c1cccc2ccccc12. The Bertz CT molecular complexity index is 764. The molecular weight excluding hydrogens is 278 g/mol. The van der Waals surface area contributed by atoms with Gasteiger partial charge in [0.1, 0.15) is 6.04 Å². The molecule has 20 heavy (non-hydrogen) atoms. The summed E-state index contributed by atoms with van der Waals surface area (Å²) in [7, 11) is -3.75. The second-order valence-electron chi connectivity index (χ2n) is 4.61. The summed E-state index contributed by atoms with van der Waals surface area (Å²) in [6.45, 7) is 0.252. The molecule has 0 saturated carbocycles. The zero-order chi connectivity index (χ0) is 14.2. The van der Waals surface area contributed by atoms with Crippen LogP contribution in [-0.4, -0.2) is 27.0 Å².